The van der Waals surface area contributed by atoms with Crippen LogP contribution in [0, 0.1) is 0 Å². The van der Waals surface area contributed by atoms with Gasteiger partial charge in [-0.3, -0.25) is 14.1 Å². The van der Waals surface area contributed by atoms with Crippen molar-refractivity contribution < 1.29 is 14.1 Å². The Morgan fingerprint density at radius 1 is 0.370 bits per heavy atom. The number of rotatable bonds is 0. The first kappa shape index (κ1) is 31.3. The predicted molar refractivity (Wildman–Crippen MR) is 128 cm³/mol. The molecule has 147 valence electrons. The lowest BCUT2D eigenvalue weighted by Crippen LogP contribution is -1.62. The first-order valence-electron chi connectivity index (χ1n) is 6.64. The van der Waals surface area contributed by atoms with Crippen LogP contribution in [-0.4, -0.2) is 0 Å². The second-order valence-electron chi connectivity index (χ2n) is 4.36. The molecule has 3 aromatic carbocycles. The summed E-state index contributed by atoms with van der Waals surface area (Å²) in [6, 6.07) is 22.9. The van der Waals surface area contributed by atoms with Crippen molar-refractivity contribution in [2.45, 2.75) is 14.7 Å². The lowest BCUT2D eigenvalue weighted by atomic mass is 10.4. The van der Waals surface area contributed by atoms with Crippen LogP contribution in [0.1, 0.15) is 0 Å². The maximum absolute atomic E-state index is 4.85. The fraction of sp³-hybridized carbons (Fsp3) is 0. The molecule has 0 saturated carbocycles. The average molecular weight is 624 g/mol. The molecular formula is C18H15Br3F3S3. The molecule has 0 saturated heterocycles. The van der Waals surface area contributed by atoms with Crippen LogP contribution in [-0.2, 0) is 0 Å². The molecule has 0 nitrogen and oxygen atoms in total. The first-order valence-corrected chi connectivity index (χ1v) is 10.2. The summed E-state index contributed by atoms with van der Waals surface area (Å²) in [5.41, 5.74) is 0. The van der Waals surface area contributed by atoms with Crippen LogP contribution in [0.4, 0.5) is 14.1 Å². The molecule has 0 fully saturated rings. The molecule has 9 heteroatoms. The van der Waals surface area contributed by atoms with Gasteiger partial charge < -0.3 is 0 Å². The van der Waals surface area contributed by atoms with Gasteiger partial charge in [-0.25, -0.2) is 0 Å². The average Bonchev–Trinajstić information content (AvgIpc) is 2.57. The van der Waals surface area contributed by atoms with Gasteiger partial charge in [-0.1, -0.05) is 85.7 Å². The van der Waals surface area contributed by atoms with Gasteiger partial charge in [0.25, 0.3) is 0 Å². The Balaban J connectivity index is -0.000000303. The van der Waals surface area contributed by atoms with Gasteiger partial charge in [0.15, 0.2) is 0 Å². The molecule has 3 radical (unpaired) electrons. The minimum Gasteiger partial charge on any atom is -0.269 e. The highest BCUT2D eigenvalue weighted by atomic mass is 79.9. The summed E-state index contributed by atoms with van der Waals surface area (Å²) in [7, 11) is 0. The van der Waals surface area contributed by atoms with E-state index in [1.807, 2.05) is 72.8 Å². The van der Waals surface area contributed by atoms with E-state index in [1.165, 1.54) is 0 Å². The van der Waals surface area contributed by atoms with E-state index in [4.69, 9.17) is 37.9 Å². The monoisotopic (exact) mass is 621 g/mol. The van der Waals surface area contributed by atoms with Crippen molar-refractivity contribution in [1.82, 2.24) is 0 Å². The smallest absolute Gasteiger partial charge is 0.0377 e. The summed E-state index contributed by atoms with van der Waals surface area (Å²) in [5, 5.41) is 0. The highest BCUT2D eigenvalue weighted by molar-refractivity contribution is 9.11. The van der Waals surface area contributed by atoms with Crippen LogP contribution in [0.25, 0.3) is 0 Å². The largest absolute Gasteiger partial charge is 0.269 e. The summed E-state index contributed by atoms with van der Waals surface area (Å²) in [4.78, 5) is 2.65. The minimum atomic E-state index is 0. The van der Waals surface area contributed by atoms with Crippen molar-refractivity contribution in [3.05, 3.63) is 86.2 Å². The molecule has 0 aliphatic carbocycles. The summed E-state index contributed by atoms with van der Waals surface area (Å²) in [6.45, 7) is 0. The third-order valence-corrected chi connectivity index (χ3v) is 4.84. The van der Waals surface area contributed by atoms with E-state index >= 15 is 0 Å². The fourth-order valence-electron chi connectivity index (χ4n) is 1.30. The predicted octanol–water partition coefficient (Wildman–Crippen LogP) is 9.47. The number of hydrogen-bond donors (Lipinski definition) is 0. The maximum Gasteiger partial charge on any atom is 0.0377 e. The van der Waals surface area contributed by atoms with Crippen molar-refractivity contribution in [2.75, 3.05) is 0 Å². The molecule has 0 aliphatic rings. The normalized spacial score (nSPS) is 8.11. The molecule has 27 heavy (non-hydrogen) atoms. The van der Waals surface area contributed by atoms with Crippen LogP contribution in [0.3, 0.4) is 0 Å². The number of benzene rings is 3. The van der Waals surface area contributed by atoms with Gasteiger partial charge in [-0.2, -0.15) is 0 Å². The Morgan fingerprint density at radius 3 is 0.630 bits per heavy atom. The van der Waals surface area contributed by atoms with Gasteiger partial charge >= 0.3 is 0 Å². The van der Waals surface area contributed by atoms with E-state index in [0.29, 0.717) is 0 Å². The van der Waals surface area contributed by atoms with Crippen LogP contribution in [0.2, 0.25) is 0 Å². The summed E-state index contributed by atoms with van der Waals surface area (Å²) >= 11 is 24.4. The van der Waals surface area contributed by atoms with E-state index in [0.717, 1.165) is 28.1 Å². The maximum atomic E-state index is 4.85. The molecule has 0 atom stereocenters. The second-order valence-corrected chi connectivity index (χ2v) is 8.52. The fourth-order valence-corrected chi connectivity index (χ4v) is 2.51. The zero-order valence-corrected chi connectivity index (χ0v) is 20.7. The SMILES string of the molecule is F.F.F.[S]c1ccc(Br)cc1.[S]c1ccc(Br)cc1.[S]c1ccc(Br)cc1. The molecule has 3 rings (SSSR count). The van der Waals surface area contributed by atoms with Crippen LogP contribution < -0.4 is 0 Å². The van der Waals surface area contributed by atoms with Crippen molar-refractivity contribution in [2.24, 2.45) is 0 Å². The Morgan fingerprint density at radius 2 is 0.519 bits per heavy atom. The molecule has 0 heterocycles. The molecule has 0 unspecified atom stereocenters. The van der Waals surface area contributed by atoms with Crippen molar-refractivity contribution in [3.63, 3.8) is 0 Å². The number of halogens is 6. The second kappa shape index (κ2) is 17.6. The Hall–Kier alpha value is -0.450. The van der Waals surface area contributed by atoms with Gasteiger partial charge in [-0.05, 0) is 72.8 Å². The Labute approximate surface area is 199 Å². The van der Waals surface area contributed by atoms with Crippen molar-refractivity contribution in [1.29, 1.82) is 0 Å². The van der Waals surface area contributed by atoms with Gasteiger partial charge in [0, 0.05) is 28.1 Å². The van der Waals surface area contributed by atoms with Crippen molar-refractivity contribution in [3.8, 4) is 0 Å². The van der Waals surface area contributed by atoms with E-state index in [1.54, 1.807) is 0 Å². The molecule has 3 aromatic rings. The summed E-state index contributed by atoms with van der Waals surface area (Å²) in [5.74, 6) is 0. The van der Waals surface area contributed by atoms with Crippen LogP contribution in [0.15, 0.2) is 101 Å². The van der Waals surface area contributed by atoms with Gasteiger partial charge in [0.1, 0.15) is 0 Å². The third-order valence-electron chi connectivity index (χ3n) is 2.44. The highest BCUT2D eigenvalue weighted by Gasteiger charge is 1.84. The van der Waals surface area contributed by atoms with E-state index < -0.39 is 0 Å². The third kappa shape index (κ3) is 16.2. The van der Waals surface area contributed by atoms with Gasteiger partial charge in [-0.15, -0.1) is 0 Å². The molecule has 0 amide bonds. The first-order chi connectivity index (χ1) is 11.4. The Bertz CT molecular complexity index is 559. The van der Waals surface area contributed by atoms with E-state index in [-0.39, 0.29) is 14.1 Å². The number of hydrogen-bond acceptors (Lipinski definition) is 0. The standard InChI is InChI=1S/3C6H4BrS.3FH/c3*7-5-1-3-6(8)4-2-5;;;/h3*1-4H;3*1H. The lowest BCUT2D eigenvalue weighted by molar-refractivity contribution is 1.11. The highest BCUT2D eigenvalue weighted by Crippen LogP contribution is 2.13. The van der Waals surface area contributed by atoms with Gasteiger partial charge in [0.05, 0.1) is 0 Å². The molecule has 0 spiro atoms. The van der Waals surface area contributed by atoms with Crippen LogP contribution >= 0.6 is 85.7 Å². The van der Waals surface area contributed by atoms with Crippen molar-refractivity contribution >= 4 is 85.7 Å². The van der Waals surface area contributed by atoms with E-state index in [9.17, 15) is 0 Å². The molecular weight excluding hydrogens is 609 g/mol. The van der Waals surface area contributed by atoms with E-state index in [2.05, 4.69) is 47.8 Å². The Kier molecular flexibility index (Phi) is 20.4. The quantitative estimate of drug-likeness (QED) is 0.234. The summed E-state index contributed by atoms with van der Waals surface area (Å²) in [6.07, 6.45) is 0. The zero-order chi connectivity index (χ0) is 17.9. The molecule has 0 aliphatic heterocycles. The van der Waals surface area contributed by atoms with Gasteiger partial charge in [0.2, 0.25) is 0 Å². The molecule has 0 N–H and O–H groups in total. The zero-order valence-electron chi connectivity index (χ0n) is 13.5. The molecule has 0 aromatic heterocycles. The lowest BCUT2D eigenvalue weighted by Gasteiger charge is -1.86. The summed E-state index contributed by atoms with van der Waals surface area (Å²) < 4.78 is 3.23. The topological polar surface area (TPSA) is 0 Å². The molecule has 0 bridgehead atoms. The minimum absolute atomic E-state index is 0. The van der Waals surface area contributed by atoms with Crippen LogP contribution in [0.5, 0.6) is 0 Å².